The van der Waals surface area contributed by atoms with Crippen molar-refractivity contribution >= 4 is 17.3 Å². The molecule has 1 aromatic carbocycles. The van der Waals surface area contributed by atoms with Gasteiger partial charge in [-0.2, -0.15) is 0 Å². The van der Waals surface area contributed by atoms with Crippen LogP contribution in [0, 0.1) is 0 Å². The van der Waals surface area contributed by atoms with Gasteiger partial charge in [0, 0.05) is 42.5 Å². The average molecular weight is 416 g/mol. The lowest BCUT2D eigenvalue weighted by molar-refractivity contribution is 0.0531. The molecule has 0 saturated carbocycles. The summed E-state index contributed by atoms with van der Waals surface area (Å²) in [6, 6.07) is 12.8. The molecule has 0 spiro atoms. The summed E-state index contributed by atoms with van der Waals surface area (Å²) < 4.78 is 11.0. The number of guanidine groups is 1. The molecule has 2 aromatic rings. The van der Waals surface area contributed by atoms with E-state index in [1.807, 2.05) is 23.5 Å². The Balaban J connectivity index is 1.72. The Morgan fingerprint density at radius 1 is 1.21 bits per heavy atom. The molecule has 6 heteroatoms. The number of hydrogen-bond donors (Lipinski definition) is 2. The molecule has 29 heavy (non-hydrogen) atoms. The molecule has 0 amide bonds. The van der Waals surface area contributed by atoms with E-state index in [4.69, 9.17) is 14.5 Å². The van der Waals surface area contributed by atoms with Crippen LogP contribution in [0.3, 0.4) is 0 Å². The van der Waals surface area contributed by atoms with Crippen LogP contribution in [0.2, 0.25) is 0 Å². The Kier molecular flexibility index (Phi) is 7.95. The van der Waals surface area contributed by atoms with Gasteiger partial charge in [0.1, 0.15) is 5.75 Å². The van der Waals surface area contributed by atoms with Gasteiger partial charge in [0.15, 0.2) is 5.96 Å². The molecule has 1 aliphatic heterocycles. The molecule has 1 fully saturated rings. The highest BCUT2D eigenvalue weighted by molar-refractivity contribution is 7.10. The van der Waals surface area contributed by atoms with Gasteiger partial charge < -0.3 is 20.1 Å². The molecule has 1 saturated heterocycles. The fourth-order valence-corrected chi connectivity index (χ4v) is 4.53. The Hall–Kier alpha value is -2.05. The van der Waals surface area contributed by atoms with Gasteiger partial charge in [-0.25, -0.2) is 0 Å². The molecule has 1 unspecified atom stereocenters. The summed E-state index contributed by atoms with van der Waals surface area (Å²) in [6.45, 7) is 8.36. The first-order valence-corrected chi connectivity index (χ1v) is 11.3. The molecule has 5 nitrogen and oxygen atoms in total. The second kappa shape index (κ2) is 10.6. The summed E-state index contributed by atoms with van der Waals surface area (Å²) in [5.41, 5.74) is 1.32. The Bertz CT molecular complexity index is 753. The number of methoxy groups -OCH3 is 1. The van der Waals surface area contributed by atoms with Crippen molar-refractivity contribution in [2.45, 2.75) is 38.0 Å². The van der Waals surface area contributed by atoms with Gasteiger partial charge in [0.25, 0.3) is 0 Å². The first-order chi connectivity index (χ1) is 14.2. The summed E-state index contributed by atoms with van der Waals surface area (Å²) in [5, 5.41) is 9.06. The zero-order chi connectivity index (χ0) is 20.5. The third-order valence-corrected chi connectivity index (χ3v) is 6.74. The topological polar surface area (TPSA) is 54.9 Å². The average Bonchev–Trinajstić information content (AvgIpc) is 3.31. The molecule has 0 aliphatic carbocycles. The van der Waals surface area contributed by atoms with Crippen molar-refractivity contribution in [2.75, 3.05) is 40.0 Å². The van der Waals surface area contributed by atoms with Crippen LogP contribution >= 0.6 is 11.3 Å². The predicted octanol–water partition coefficient (Wildman–Crippen LogP) is 4.16. The van der Waals surface area contributed by atoms with E-state index in [0.717, 1.165) is 57.4 Å². The standard InChI is InChI=1S/C23H33N3O2S/c1-4-24-22(25-16-18(2)21-6-5-15-29-21)26-17-23(11-13-28-14-12-23)19-7-9-20(27-3)10-8-19/h5-10,15,18H,4,11-14,16-17H2,1-3H3,(H2,24,25,26). The van der Waals surface area contributed by atoms with Crippen molar-refractivity contribution in [1.82, 2.24) is 10.6 Å². The summed E-state index contributed by atoms with van der Waals surface area (Å²) in [5.74, 6) is 2.23. The van der Waals surface area contributed by atoms with Crippen molar-refractivity contribution < 1.29 is 9.47 Å². The molecule has 0 radical (unpaired) electrons. The van der Waals surface area contributed by atoms with E-state index in [0.29, 0.717) is 5.92 Å². The molecule has 2 N–H and O–H groups in total. The predicted molar refractivity (Wildman–Crippen MR) is 121 cm³/mol. The fraction of sp³-hybridized carbons (Fsp3) is 0.522. The summed E-state index contributed by atoms with van der Waals surface area (Å²) >= 11 is 1.81. The van der Waals surface area contributed by atoms with Gasteiger partial charge in [-0.3, -0.25) is 4.99 Å². The Morgan fingerprint density at radius 3 is 2.59 bits per heavy atom. The lowest BCUT2D eigenvalue weighted by atomic mass is 9.74. The van der Waals surface area contributed by atoms with E-state index >= 15 is 0 Å². The number of benzene rings is 1. The van der Waals surface area contributed by atoms with Gasteiger partial charge >= 0.3 is 0 Å². The quantitative estimate of drug-likeness (QED) is 0.502. The zero-order valence-electron chi connectivity index (χ0n) is 17.7. The normalized spacial score (nSPS) is 17.6. The monoisotopic (exact) mass is 415 g/mol. The maximum absolute atomic E-state index is 5.66. The summed E-state index contributed by atoms with van der Waals surface area (Å²) in [6.07, 6.45) is 1.96. The van der Waals surface area contributed by atoms with Gasteiger partial charge in [-0.1, -0.05) is 25.1 Å². The molecule has 158 valence electrons. The van der Waals surface area contributed by atoms with Crippen molar-refractivity contribution in [3.8, 4) is 5.75 Å². The van der Waals surface area contributed by atoms with Crippen LogP contribution in [-0.4, -0.2) is 45.9 Å². The second-order valence-electron chi connectivity index (χ2n) is 7.61. The number of nitrogens with one attached hydrogen (secondary N) is 2. The van der Waals surface area contributed by atoms with Crippen LogP contribution in [0.5, 0.6) is 5.75 Å². The number of ether oxygens (including phenoxy) is 2. The number of rotatable bonds is 8. The third-order valence-electron chi connectivity index (χ3n) is 5.64. The van der Waals surface area contributed by atoms with E-state index in [-0.39, 0.29) is 5.41 Å². The minimum Gasteiger partial charge on any atom is -0.497 e. The Labute approximate surface area is 178 Å². The molecule has 1 aromatic heterocycles. The van der Waals surface area contributed by atoms with Crippen LogP contribution in [0.25, 0.3) is 0 Å². The van der Waals surface area contributed by atoms with E-state index in [1.165, 1.54) is 10.4 Å². The van der Waals surface area contributed by atoms with E-state index in [9.17, 15) is 0 Å². The first kappa shape index (κ1) is 21.7. The highest BCUT2D eigenvalue weighted by Crippen LogP contribution is 2.36. The molecule has 3 rings (SSSR count). The van der Waals surface area contributed by atoms with E-state index in [1.54, 1.807) is 7.11 Å². The van der Waals surface area contributed by atoms with E-state index in [2.05, 4.69) is 54.1 Å². The van der Waals surface area contributed by atoms with Gasteiger partial charge in [0.2, 0.25) is 0 Å². The van der Waals surface area contributed by atoms with Crippen molar-refractivity contribution in [3.63, 3.8) is 0 Å². The molecule has 1 aliphatic rings. The van der Waals surface area contributed by atoms with E-state index < -0.39 is 0 Å². The van der Waals surface area contributed by atoms with Gasteiger partial charge in [-0.05, 0) is 48.9 Å². The zero-order valence-corrected chi connectivity index (χ0v) is 18.6. The van der Waals surface area contributed by atoms with Crippen molar-refractivity contribution in [3.05, 3.63) is 52.2 Å². The molecule has 0 bridgehead atoms. The summed E-state index contributed by atoms with van der Waals surface area (Å²) in [4.78, 5) is 6.39. The molecule has 2 heterocycles. The number of hydrogen-bond acceptors (Lipinski definition) is 4. The Morgan fingerprint density at radius 2 is 1.97 bits per heavy atom. The highest BCUT2D eigenvalue weighted by Gasteiger charge is 2.34. The lowest BCUT2D eigenvalue weighted by Crippen LogP contribution is -2.42. The number of aliphatic imine (C=N–C) groups is 1. The minimum atomic E-state index is 0.00619. The first-order valence-electron chi connectivity index (χ1n) is 10.4. The number of thiophene rings is 1. The van der Waals surface area contributed by atoms with Gasteiger partial charge in [-0.15, -0.1) is 11.3 Å². The molecular formula is C23H33N3O2S. The van der Waals surface area contributed by atoms with Crippen LogP contribution in [-0.2, 0) is 10.2 Å². The van der Waals surface area contributed by atoms with Gasteiger partial charge in [0.05, 0.1) is 13.7 Å². The third kappa shape index (κ3) is 5.73. The van der Waals surface area contributed by atoms with Crippen LogP contribution in [0.1, 0.15) is 43.0 Å². The fourth-order valence-electron chi connectivity index (χ4n) is 3.74. The molecular weight excluding hydrogens is 382 g/mol. The maximum atomic E-state index is 5.66. The molecule has 1 atom stereocenters. The van der Waals surface area contributed by atoms with Crippen molar-refractivity contribution in [1.29, 1.82) is 0 Å². The van der Waals surface area contributed by atoms with Crippen LogP contribution in [0.4, 0.5) is 0 Å². The lowest BCUT2D eigenvalue weighted by Gasteiger charge is -2.36. The minimum absolute atomic E-state index is 0.00619. The maximum Gasteiger partial charge on any atom is 0.191 e. The largest absolute Gasteiger partial charge is 0.497 e. The highest BCUT2D eigenvalue weighted by atomic mass is 32.1. The van der Waals surface area contributed by atoms with Crippen LogP contribution < -0.4 is 15.4 Å². The smallest absolute Gasteiger partial charge is 0.191 e. The van der Waals surface area contributed by atoms with Crippen molar-refractivity contribution in [2.24, 2.45) is 4.99 Å². The number of nitrogens with zero attached hydrogens (tertiary/aromatic N) is 1. The summed E-state index contributed by atoms with van der Waals surface area (Å²) in [7, 11) is 1.70. The second-order valence-corrected chi connectivity index (χ2v) is 8.59. The van der Waals surface area contributed by atoms with Crippen LogP contribution in [0.15, 0.2) is 46.8 Å². The SMILES string of the molecule is CCNC(=NCC1(c2ccc(OC)cc2)CCOCC1)NCC(C)c1cccs1.